The van der Waals surface area contributed by atoms with Crippen molar-refractivity contribution in [1.82, 2.24) is 14.8 Å². The van der Waals surface area contributed by atoms with E-state index in [1.807, 2.05) is 53.1 Å². The molecule has 0 bridgehead atoms. The number of hydrogen-bond acceptors (Lipinski definition) is 5. The summed E-state index contributed by atoms with van der Waals surface area (Å²) in [6.07, 6.45) is 0. The van der Waals surface area contributed by atoms with Crippen molar-refractivity contribution in [3.8, 4) is 16.9 Å². The van der Waals surface area contributed by atoms with Gasteiger partial charge >= 0.3 is 0 Å². The third kappa shape index (κ3) is 5.55. The van der Waals surface area contributed by atoms with Crippen molar-refractivity contribution in [3.63, 3.8) is 0 Å². The molecule has 0 aliphatic heterocycles. The number of hydrogen-bond donors (Lipinski definition) is 0. The lowest BCUT2D eigenvalue weighted by Gasteiger charge is -2.13. The summed E-state index contributed by atoms with van der Waals surface area (Å²) in [6.45, 7) is 1.41. The SMILES string of the molecule is COCCn1c(COc2ccccc2-c2ccccc2)nnc1SCc1cccc(F)c1. The minimum absolute atomic E-state index is 0.241. The van der Waals surface area contributed by atoms with Crippen molar-refractivity contribution < 1.29 is 13.9 Å². The Morgan fingerprint density at radius 3 is 2.56 bits per heavy atom. The van der Waals surface area contributed by atoms with E-state index in [2.05, 4.69) is 22.3 Å². The van der Waals surface area contributed by atoms with Crippen LogP contribution in [0.15, 0.2) is 84.0 Å². The van der Waals surface area contributed by atoms with Crippen molar-refractivity contribution in [2.75, 3.05) is 13.7 Å². The van der Waals surface area contributed by atoms with Crippen molar-refractivity contribution in [2.24, 2.45) is 0 Å². The topological polar surface area (TPSA) is 49.2 Å². The van der Waals surface area contributed by atoms with E-state index < -0.39 is 0 Å². The Hall–Kier alpha value is -3.16. The Kier molecular flexibility index (Phi) is 7.53. The van der Waals surface area contributed by atoms with Gasteiger partial charge in [0.05, 0.1) is 6.61 Å². The van der Waals surface area contributed by atoms with E-state index >= 15 is 0 Å². The predicted molar refractivity (Wildman–Crippen MR) is 124 cm³/mol. The highest BCUT2D eigenvalue weighted by Crippen LogP contribution is 2.30. The highest BCUT2D eigenvalue weighted by Gasteiger charge is 2.15. The monoisotopic (exact) mass is 449 g/mol. The average molecular weight is 450 g/mol. The average Bonchev–Trinajstić information content (AvgIpc) is 3.22. The first-order valence-corrected chi connectivity index (χ1v) is 11.3. The highest BCUT2D eigenvalue weighted by molar-refractivity contribution is 7.98. The molecule has 0 radical (unpaired) electrons. The van der Waals surface area contributed by atoms with Crippen LogP contribution in [0, 0.1) is 5.82 Å². The van der Waals surface area contributed by atoms with E-state index in [0.29, 0.717) is 24.7 Å². The van der Waals surface area contributed by atoms with E-state index in [1.54, 1.807) is 13.2 Å². The zero-order valence-corrected chi connectivity index (χ0v) is 18.6. The molecule has 0 aliphatic rings. The summed E-state index contributed by atoms with van der Waals surface area (Å²) >= 11 is 1.51. The molecular formula is C25H24FN3O2S. The largest absolute Gasteiger partial charge is 0.485 e. The molecule has 4 rings (SSSR count). The summed E-state index contributed by atoms with van der Waals surface area (Å²) in [5.74, 6) is 1.86. The van der Waals surface area contributed by atoms with Crippen LogP contribution in [0.1, 0.15) is 11.4 Å². The lowest BCUT2D eigenvalue weighted by atomic mass is 10.1. The van der Waals surface area contributed by atoms with E-state index in [4.69, 9.17) is 9.47 Å². The van der Waals surface area contributed by atoms with Crippen molar-refractivity contribution in [1.29, 1.82) is 0 Å². The molecule has 0 aliphatic carbocycles. The van der Waals surface area contributed by atoms with Gasteiger partial charge in [-0.25, -0.2) is 4.39 Å². The number of rotatable bonds is 10. The molecule has 0 N–H and O–H groups in total. The van der Waals surface area contributed by atoms with Crippen molar-refractivity contribution in [3.05, 3.63) is 96.1 Å². The molecule has 0 amide bonds. The van der Waals surface area contributed by atoms with E-state index in [1.165, 1.54) is 23.9 Å². The Balaban J connectivity index is 1.50. The van der Waals surface area contributed by atoms with Gasteiger partial charge in [-0.05, 0) is 29.3 Å². The van der Waals surface area contributed by atoms with Crippen LogP contribution < -0.4 is 4.74 Å². The normalized spacial score (nSPS) is 10.9. The molecule has 0 saturated carbocycles. The smallest absolute Gasteiger partial charge is 0.191 e. The lowest BCUT2D eigenvalue weighted by molar-refractivity contribution is 0.181. The van der Waals surface area contributed by atoms with Crippen LogP contribution in [-0.4, -0.2) is 28.5 Å². The van der Waals surface area contributed by atoms with E-state index in [-0.39, 0.29) is 12.4 Å². The molecule has 164 valence electrons. The maximum absolute atomic E-state index is 13.5. The fraction of sp³-hybridized carbons (Fsp3) is 0.200. The van der Waals surface area contributed by atoms with Crippen LogP contribution in [0.4, 0.5) is 4.39 Å². The lowest BCUT2D eigenvalue weighted by Crippen LogP contribution is -2.12. The van der Waals surface area contributed by atoms with Crippen LogP contribution >= 0.6 is 11.8 Å². The molecule has 4 aromatic rings. The number of nitrogens with zero attached hydrogens (tertiary/aromatic N) is 3. The van der Waals surface area contributed by atoms with E-state index in [0.717, 1.165) is 27.6 Å². The molecule has 3 aromatic carbocycles. The van der Waals surface area contributed by atoms with Crippen LogP contribution in [0.3, 0.4) is 0 Å². The predicted octanol–water partition coefficient (Wildman–Crippen LogP) is 5.60. The third-order valence-electron chi connectivity index (χ3n) is 4.90. The summed E-state index contributed by atoms with van der Waals surface area (Å²) in [5.41, 5.74) is 3.01. The molecule has 0 unspecified atom stereocenters. The third-order valence-corrected chi connectivity index (χ3v) is 5.94. The summed E-state index contributed by atoms with van der Waals surface area (Å²) in [5, 5.41) is 9.45. The number of aromatic nitrogens is 3. The second kappa shape index (κ2) is 10.9. The fourth-order valence-corrected chi connectivity index (χ4v) is 4.23. The second-order valence-electron chi connectivity index (χ2n) is 7.11. The molecule has 32 heavy (non-hydrogen) atoms. The molecule has 5 nitrogen and oxygen atoms in total. The standard InChI is InChI=1S/C25H24FN3O2S/c1-30-15-14-29-24(27-28-25(29)32-18-19-8-7-11-21(26)16-19)17-31-23-13-6-5-12-22(23)20-9-3-2-4-10-20/h2-13,16H,14-15,17-18H2,1H3. The number of methoxy groups -OCH3 is 1. The van der Waals surface area contributed by atoms with Crippen LogP contribution in [0.25, 0.3) is 11.1 Å². The minimum atomic E-state index is -0.241. The summed E-state index contributed by atoms with van der Waals surface area (Å²) in [4.78, 5) is 0. The maximum atomic E-state index is 13.5. The van der Waals surface area contributed by atoms with Gasteiger partial charge in [-0.3, -0.25) is 0 Å². The number of thioether (sulfide) groups is 1. The van der Waals surface area contributed by atoms with E-state index in [9.17, 15) is 4.39 Å². The van der Waals surface area contributed by atoms with Gasteiger partial charge in [0.15, 0.2) is 11.0 Å². The highest BCUT2D eigenvalue weighted by atomic mass is 32.2. The second-order valence-corrected chi connectivity index (χ2v) is 8.06. The first-order valence-electron chi connectivity index (χ1n) is 10.3. The maximum Gasteiger partial charge on any atom is 0.191 e. The molecular weight excluding hydrogens is 425 g/mol. The van der Waals surface area contributed by atoms with Gasteiger partial charge in [-0.15, -0.1) is 10.2 Å². The Labute approximate surface area is 191 Å². The zero-order valence-electron chi connectivity index (χ0n) is 17.8. The zero-order chi connectivity index (χ0) is 22.2. The molecule has 0 saturated heterocycles. The number of halogens is 1. The molecule has 1 aromatic heterocycles. The van der Waals surface area contributed by atoms with Gasteiger partial charge in [-0.1, -0.05) is 72.4 Å². The fourth-order valence-electron chi connectivity index (χ4n) is 3.31. The quantitative estimate of drug-likeness (QED) is 0.295. The minimum Gasteiger partial charge on any atom is -0.485 e. The van der Waals surface area contributed by atoms with Gasteiger partial charge in [0.2, 0.25) is 0 Å². The molecule has 0 spiro atoms. The number of ether oxygens (including phenoxy) is 2. The number of benzene rings is 3. The summed E-state index contributed by atoms with van der Waals surface area (Å²) < 4.78 is 26.9. The van der Waals surface area contributed by atoms with Crippen molar-refractivity contribution in [2.45, 2.75) is 24.1 Å². The van der Waals surface area contributed by atoms with Gasteiger partial charge < -0.3 is 14.0 Å². The van der Waals surface area contributed by atoms with Crippen molar-refractivity contribution >= 4 is 11.8 Å². The van der Waals surface area contributed by atoms with Gasteiger partial charge in [0, 0.05) is 25.0 Å². The van der Waals surface area contributed by atoms with Gasteiger partial charge in [-0.2, -0.15) is 0 Å². The van der Waals surface area contributed by atoms with Crippen LogP contribution in [0.2, 0.25) is 0 Å². The van der Waals surface area contributed by atoms with Gasteiger partial charge in [0.1, 0.15) is 18.2 Å². The Morgan fingerprint density at radius 1 is 0.938 bits per heavy atom. The first kappa shape index (κ1) is 22.0. The Morgan fingerprint density at radius 2 is 1.75 bits per heavy atom. The molecule has 1 heterocycles. The summed E-state index contributed by atoms with van der Waals surface area (Å²) in [6, 6.07) is 24.7. The molecule has 0 fully saturated rings. The van der Waals surface area contributed by atoms with Crippen LogP contribution in [-0.2, 0) is 23.6 Å². The number of para-hydroxylation sites is 1. The molecule has 7 heteroatoms. The first-order chi connectivity index (χ1) is 15.7. The van der Waals surface area contributed by atoms with Gasteiger partial charge in [0.25, 0.3) is 0 Å². The van der Waals surface area contributed by atoms with Crippen LogP contribution in [0.5, 0.6) is 5.75 Å². The summed E-state index contributed by atoms with van der Waals surface area (Å²) in [7, 11) is 1.66. The Bertz CT molecular complexity index is 1150. The molecule has 0 atom stereocenters.